The molecule has 0 saturated carbocycles. The summed E-state index contributed by atoms with van der Waals surface area (Å²) < 4.78 is 0. The highest BCUT2D eigenvalue weighted by Crippen LogP contribution is 2.22. The third kappa shape index (κ3) is 3.85. The van der Waals surface area contributed by atoms with Crippen molar-refractivity contribution in [3.63, 3.8) is 0 Å². The molecule has 3 heteroatoms. The van der Waals surface area contributed by atoms with E-state index in [4.69, 9.17) is 0 Å². The van der Waals surface area contributed by atoms with Crippen LogP contribution in [0.5, 0.6) is 0 Å². The van der Waals surface area contributed by atoms with Crippen molar-refractivity contribution in [2.45, 2.75) is 38.7 Å². The molecule has 1 atom stereocenters. The third-order valence-electron chi connectivity index (χ3n) is 4.69. The van der Waals surface area contributed by atoms with Crippen molar-refractivity contribution >= 4 is 5.91 Å². The molecule has 0 aliphatic carbocycles. The van der Waals surface area contributed by atoms with Crippen molar-refractivity contribution in [3.05, 3.63) is 59.7 Å². The van der Waals surface area contributed by atoms with Crippen molar-refractivity contribution < 1.29 is 9.90 Å². The first-order valence-electron chi connectivity index (χ1n) is 8.84. The van der Waals surface area contributed by atoms with Gasteiger partial charge in [0.1, 0.15) is 0 Å². The number of nitrogens with zero attached hydrogens (tertiary/aromatic N) is 1. The highest BCUT2D eigenvalue weighted by molar-refractivity contribution is 5.95. The average Bonchev–Trinajstić information content (AvgIpc) is 3.06. The van der Waals surface area contributed by atoms with Gasteiger partial charge in [0, 0.05) is 18.7 Å². The normalized spacial score (nSPS) is 17.2. The minimum absolute atomic E-state index is 0.00742. The lowest BCUT2D eigenvalue weighted by Crippen LogP contribution is -2.29. The monoisotopic (exact) mass is 323 g/mol. The fraction of sp³-hybridized carbons (Fsp3) is 0.381. The number of hydrogen-bond donors (Lipinski definition) is 1. The van der Waals surface area contributed by atoms with Crippen LogP contribution in [0.1, 0.15) is 42.1 Å². The van der Waals surface area contributed by atoms with Gasteiger partial charge in [-0.3, -0.25) is 4.79 Å². The van der Waals surface area contributed by atoms with Gasteiger partial charge in [0.2, 0.25) is 0 Å². The van der Waals surface area contributed by atoms with E-state index in [1.165, 1.54) is 24.0 Å². The lowest BCUT2D eigenvalue weighted by atomic mass is 10.0. The Labute approximate surface area is 143 Å². The van der Waals surface area contributed by atoms with E-state index in [0.29, 0.717) is 25.1 Å². The first-order valence-corrected chi connectivity index (χ1v) is 8.84. The molecule has 2 aromatic rings. The molecule has 0 bridgehead atoms. The molecular weight excluding hydrogens is 298 g/mol. The Morgan fingerprint density at radius 1 is 1.08 bits per heavy atom. The van der Waals surface area contributed by atoms with Crippen LogP contribution in [0, 0.1) is 0 Å². The molecule has 1 amide bonds. The highest BCUT2D eigenvalue weighted by atomic mass is 16.3. The Balaban J connectivity index is 1.69. The molecule has 0 unspecified atom stereocenters. The minimum atomic E-state index is -0.376. The minimum Gasteiger partial charge on any atom is -0.391 e. The van der Waals surface area contributed by atoms with Crippen molar-refractivity contribution in [3.8, 4) is 11.1 Å². The summed E-state index contributed by atoms with van der Waals surface area (Å²) in [5.41, 5.74) is 4.35. The van der Waals surface area contributed by atoms with E-state index < -0.39 is 0 Å². The van der Waals surface area contributed by atoms with Crippen LogP contribution >= 0.6 is 0 Å². The molecule has 0 aromatic heterocycles. The van der Waals surface area contributed by atoms with Crippen LogP contribution in [0.25, 0.3) is 11.1 Å². The van der Waals surface area contributed by atoms with Gasteiger partial charge in [-0.1, -0.05) is 49.7 Å². The van der Waals surface area contributed by atoms with E-state index in [1.807, 2.05) is 24.3 Å². The number of rotatable bonds is 5. The summed E-state index contributed by atoms with van der Waals surface area (Å²) >= 11 is 0. The van der Waals surface area contributed by atoms with Gasteiger partial charge in [0.25, 0.3) is 5.91 Å². The number of unbranched alkanes of at least 4 members (excludes halogenated alkanes) is 1. The molecule has 1 aliphatic rings. The molecule has 1 saturated heterocycles. The Morgan fingerprint density at radius 3 is 2.25 bits per heavy atom. The summed E-state index contributed by atoms with van der Waals surface area (Å²) in [5, 5.41) is 9.57. The van der Waals surface area contributed by atoms with Crippen molar-refractivity contribution in [1.82, 2.24) is 4.90 Å². The maximum Gasteiger partial charge on any atom is 0.253 e. The standard InChI is InChI=1S/C21H25NO2/c1-2-3-4-16-5-7-17(8-6-16)18-9-11-19(12-10-18)21(24)22-14-13-20(23)15-22/h5-12,20,23H,2-4,13-15H2,1H3/t20-/m1/s1. The SMILES string of the molecule is CCCCc1ccc(-c2ccc(C(=O)N3CC[C@@H](O)C3)cc2)cc1. The average molecular weight is 323 g/mol. The predicted octanol–water partition coefficient (Wildman–Crippen LogP) is 3.90. The number of hydrogen-bond acceptors (Lipinski definition) is 2. The second-order valence-corrected chi connectivity index (χ2v) is 6.57. The van der Waals surface area contributed by atoms with Crippen molar-refractivity contribution in [2.75, 3.05) is 13.1 Å². The van der Waals surface area contributed by atoms with Crippen LogP contribution in [0.4, 0.5) is 0 Å². The van der Waals surface area contributed by atoms with Crippen LogP contribution < -0.4 is 0 Å². The summed E-state index contributed by atoms with van der Waals surface area (Å²) in [7, 11) is 0. The second kappa shape index (κ2) is 7.63. The molecule has 1 fully saturated rings. The zero-order valence-electron chi connectivity index (χ0n) is 14.2. The molecule has 24 heavy (non-hydrogen) atoms. The van der Waals surface area contributed by atoms with Gasteiger partial charge in [-0.25, -0.2) is 0 Å². The number of aliphatic hydroxyl groups excluding tert-OH is 1. The van der Waals surface area contributed by atoms with Crippen LogP contribution in [-0.4, -0.2) is 35.1 Å². The zero-order chi connectivity index (χ0) is 16.9. The number of carbonyl (C=O) groups is 1. The Hall–Kier alpha value is -2.13. The number of aliphatic hydroxyl groups is 1. The van der Waals surface area contributed by atoms with E-state index in [1.54, 1.807) is 4.90 Å². The number of likely N-dealkylation sites (tertiary alicyclic amines) is 1. The molecule has 0 spiro atoms. The van der Waals surface area contributed by atoms with E-state index >= 15 is 0 Å². The van der Waals surface area contributed by atoms with Crippen LogP contribution in [0.2, 0.25) is 0 Å². The van der Waals surface area contributed by atoms with E-state index in [2.05, 4.69) is 31.2 Å². The van der Waals surface area contributed by atoms with Crippen LogP contribution in [0.3, 0.4) is 0 Å². The summed E-state index contributed by atoms with van der Waals surface area (Å²) in [6, 6.07) is 16.4. The zero-order valence-corrected chi connectivity index (χ0v) is 14.2. The lowest BCUT2D eigenvalue weighted by Gasteiger charge is -2.15. The van der Waals surface area contributed by atoms with Crippen LogP contribution in [0.15, 0.2) is 48.5 Å². The summed E-state index contributed by atoms with van der Waals surface area (Å²) in [5.74, 6) is 0.00742. The van der Waals surface area contributed by atoms with Crippen LogP contribution in [-0.2, 0) is 6.42 Å². The number of aryl methyl sites for hydroxylation is 1. The molecule has 126 valence electrons. The first kappa shape index (κ1) is 16.7. The summed E-state index contributed by atoms with van der Waals surface area (Å²) in [6.07, 6.45) is 3.87. The molecular formula is C21H25NO2. The van der Waals surface area contributed by atoms with Gasteiger partial charge in [-0.05, 0) is 48.1 Å². The van der Waals surface area contributed by atoms with E-state index in [9.17, 15) is 9.90 Å². The molecule has 3 rings (SSSR count). The number of carbonyl (C=O) groups excluding carboxylic acids is 1. The van der Waals surface area contributed by atoms with E-state index in [-0.39, 0.29) is 12.0 Å². The second-order valence-electron chi connectivity index (χ2n) is 6.57. The van der Waals surface area contributed by atoms with Crippen molar-refractivity contribution in [2.24, 2.45) is 0 Å². The quantitative estimate of drug-likeness (QED) is 0.906. The topological polar surface area (TPSA) is 40.5 Å². The summed E-state index contributed by atoms with van der Waals surface area (Å²) in [6.45, 7) is 3.29. The molecule has 0 radical (unpaired) electrons. The third-order valence-corrected chi connectivity index (χ3v) is 4.69. The first-order chi connectivity index (χ1) is 11.7. The smallest absolute Gasteiger partial charge is 0.253 e. The summed E-state index contributed by atoms with van der Waals surface area (Å²) in [4.78, 5) is 14.1. The van der Waals surface area contributed by atoms with Gasteiger partial charge >= 0.3 is 0 Å². The number of β-amino-alcohol motifs (C(OH)–C–C–N with tert-alkyl or cyclic N) is 1. The Morgan fingerprint density at radius 2 is 1.71 bits per heavy atom. The Kier molecular flexibility index (Phi) is 5.31. The van der Waals surface area contributed by atoms with Crippen molar-refractivity contribution in [1.29, 1.82) is 0 Å². The van der Waals surface area contributed by atoms with E-state index in [0.717, 1.165) is 12.0 Å². The molecule has 1 heterocycles. The Bertz CT molecular complexity index is 676. The van der Waals surface area contributed by atoms with Gasteiger partial charge in [-0.2, -0.15) is 0 Å². The number of benzene rings is 2. The van der Waals surface area contributed by atoms with Gasteiger partial charge < -0.3 is 10.0 Å². The predicted molar refractivity (Wildman–Crippen MR) is 97.0 cm³/mol. The van der Waals surface area contributed by atoms with Gasteiger partial charge in [-0.15, -0.1) is 0 Å². The molecule has 1 aliphatic heterocycles. The molecule has 1 N–H and O–H groups in total. The maximum atomic E-state index is 12.4. The maximum absolute atomic E-state index is 12.4. The highest BCUT2D eigenvalue weighted by Gasteiger charge is 2.25. The largest absolute Gasteiger partial charge is 0.391 e. The van der Waals surface area contributed by atoms with Gasteiger partial charge in [0.15, 0.2) is 0 Å². The fourth-order valence-corrected chi connectivity index (χ4v) is 3.16. The lowest BCUT2D eigenvalue weighted by molar-refractivity contribution is 0.0765. The number of amides is 1. The molecule has 2 aromatic carbocycles. The van der Waals surface area contributed by atoms with Gasteiger partial charge in [0.05, 0.1) is 6.10 Å². The fourth-order valence-electron chi connectivity index (χ4n) is 3.16. The molecule has 3 nitrogen and oxygen atoms in total.